The first kappa shape index (κ1) is 22.4. The van der Waals surface area contributed by atoms with Crippen LogP contribution in [-0.2, 0) is 23.6 Å². The van der Waals surface area contributed by atoms with Gasteiger partial charge in [0.25, 0.3) is 0 Å². The van der Waals surface area contributed by atoms with E-state index in [9.17, 15) is 8.42 Å². The number of nitrogens with zero attached hydrogens (tertiary/aromatic N) is 4. The van der Waals surface area contributed by atoms with Crippen molar-refractivity contribution in [1.82, 2.24) is 19.0 Å². The first-order valence-corrected chi connectivity index (χ1v) is 11.2. The molecule has 1 fully saturated rings. The molecule has 166 valence electrons. The topological polar surface area (TPSA) is 86.1 Å². The summed E-state index contributed by atoms with van der Waals surface area (Å²) in [6, 6.07) is 3.80. The second kappa shape index (κ2) is 8.83. The number of methoxy groups -OCH3 is 3. The Morgan fingerprint density at radius 1 is 0.967 bits per heavy atom. The van der Waals surface area contributed by atoms with E-state index in [0.717, 1.165) is 5.56 Å². The van der Waals surface area contributed by atoms with E-state index in [1.165, 1.54) is 0 Å². The van der Waals surface area contributed by atoms with E-state index in [0.29, 0.717) is 66.3 Å². The van der Waals surface area contributed by atoms with Gasteiger partial charge in [0.1, 0.15) is 4.90 Å². The molecule has 0 bridgehead atoms. The van der Waals surface area contributed by atoms with Crippen molar-refractivity contribution >= 4 is 10.0 Å². The zero-order chi connectivity index (χ0) is 22.1. The third kappa shape index (κ3) is 3.99. The van der Waals surface area contributed by atoms with Crippen LogP contribution in [-0.4, -0.2) is 74.9 Å². The summed E-state index contributed by atoms with van der Waals surface area (Å²) in [6.07, 6.45) is 0. The van der Waals surface area contributed by atoms with Crippen molar-refractivity contribution in [2.75, 3.05) is 47.5 Å². The van der Waals surface area contributed by atoms with Gasteiger partial charge in [-0.15, -0.1) is 0 Å². The maximum Gasteiger partial charge on any atom is 0.246 e. The molecule has 0 N–H and O–H groups in total. The summed E-state index contributed by atoms with van der Waals surface area (Å²) in [5, 5.41) is 4.26. The van der Waals surface area contributed by atoms with Gasteiger partial charge in [0.2, 0.25) is 15.8 Å². The second-order valence-electron chi connectivity index (χ2n) is 7.30. The molecular weight excluding hydrogens is 408 g/mol. The molecular formula is C20H30N4O5S. The minimum Gasteiger partial charge on any atom is -0.493 e. The number of piperazine rings is 1. The van der Waals surface area contributed by atoms with E-state index in [2.05, 4.69) is 10.00 Å². The molecule has 9 nitrogen and oxygen atoms in total. The van der Waals surface area contributed by atoms with Gasteiger partial charge in [-0.05, 0) is 19.9 Å². The van der Waals surface area contributed by atoms with Gasteiger partial charge in [-0.2, -0.15) is 9.40 Å². The highest BCUT2D eigenvalue weighted by atomic mass is 32.2. The van der Waals surface area contributed by atoms with Gasteiger partial charge in [-0.25, -0.2) is 8.42 Å². The number of benzene rings is 1. The molecule has 1 saturated heterocycles. The van der Waals surface area contributed by atoms with Crippen LogP contribution in [0, 0.1) is 13.8 Å². The molecule has 0 amide bonds. The van der Waals surface area contributed by atoms with Crippen molar-refractivity contribution in [1.29, 1.82) is 0 Å². The monoisotopic (exact) mass is 438 g/mol. The van der Waals surface area contributed by atoms with Gasteiger partial charge in [0.15, 0.2) is 11.5 Å². The molecule has 0 atom stereocenters. The van der Waals surface area contributed by atoms with E-state index < -0.39 is 10.0 Å². The molecule has 1 aromatic carbocycles. The molecule has 0 spiro atoms. The van der Waals surface area contributed by atoms with Gasteiger partial charge < -0.3 is 14.2 Å². The summed E-state index contributed by atoms with van der Waals surface area (Å²) in [6.45, 7) is 6.23. The van der Waals surface area contributed by atoms with Crippen LogP contribution in [0.1, 0.15) is 17.0 Å². The van der Waals surface area contributed by atoms with Crippen LogP contribution >= 0.6 is 0 Å². The second-order valence-corrected chi connectivity index (χ2v) is 9.17. The van der Waals surface area contributed by atoms with Crippen molar-refractivity contribution in [2.45, 2.75) is 25.3 Å². The number of aryl methyl sites for hydroxylation is 2. The lowest BCUT2D eigenvalue weighted by molar-refractivity contribution is 0.179. The standard InChI is InChI=1S/C20H30N4O5S/c1-14-20(15(2)22(3)21-14)30(25,26)24-11-9-23(10-12-24)13-16-7-8-17(27-4)19(29-6)18(16)28-5/h7-8H,9-13H2,1-6H3. The molecule has 0 radical (unpaired) electrons. The number of aromatic nitrogens is 2. The van der Waals surface area contributed by atoms with Crippen LogP contribution < -0.4 is 14.2 Å². The van der Waals surface area contributed by atoms with Crippen LogP contribution in [0.25, 0.3) is 0 Å². The Morgan fingerprint density at radius 2 is 1.60 bits per heavy atom. The van der Waals surface area contributed by atoms with Crippen LogP contribution in [0.5, 0.6) is 17.2 Å². The Bertz CT molecular complexity index is 1010. The van der Waals surface area contributed by atoms with Crippen LogP contribution in [0.3, 0.4) is 0 Å². The maximum atomic E-state index is 13.2. The summed E-state index contributed by atoms with van der Waals surface area (Å²) in [4.78, 5) is 2.53. The first-order chi connectivity index (χ1) is 14.2. The summed E-state index contributed by atoms with van der Waals surface area (Å²) in [7, 11) is 2.96. The molecule has 10 heteroatoms. The predicted octanol–water partition coefficient (Wildman–Crippen LogP) is 1.57. The van der Waals surface area contributed by atoms with Gasteiger partial charge in [-0.3, -0.25) is 9.58 Å². The van der Waals surface area contributed by atoms with Crippen LogP contribution in [0.15, 0.2) is 17.0 Å². The van der Waals surface area contributed by atoms with Crippen molar-refractivity contribution in [2.24, 2.45) is 7.05 Å². The normalized spacial score (nSPS) is 15.9. The van der Waals surface area contributed by atoms with Crippen LogP contribution in [0.4, 0.5) is 0 Å². The van der Waals surface area contributed by atoms with E-state index in [1.54, 1.807) is 51.2 Å². The number of hydrogen-bond donors (Lipinski definition) is 0. The number of ether oxygens (including phenoxy) is 3. The zero-order valence-corrected chi connectivity index (χ0v) is 19.2. The highest BCUT2D eigenvalue weighted by Gasteiger charge is 2.33. The minimum atomic E-state index is -3.57. The summed E-state index contributed by atoms with van der Waals surface area (Å²) >= 11 is 0. The fourth-order valence-corrected chi connectivity index (χ4v) is 5.73. The number of rotatable bonds is 7. The fourth-order valence-electron chi connectivity index (χ4n) is 3.91. The highest BCUT2D eigenvalue weighted by Crippen LogP contribution is 2.40. The zero-order valence-electron chi connectivity index (χ0n) is 18.4. The summed E-state index contributed by atoms with van der Waals surface area (Å²) in [5.41, 5.74) is 2.16. The molecule has 1 aliphatic rings. The third-order valence-electron chi connectivity index (χ3n) is 5.55. The Balaban J connectivity index is 1.74. The van der Waals surface area contributed by atoms with Gasteiger partial charge in [0, 0.05) is 45.3 Å². The van der Waals surface area contributed by atoms with Gasteiger partial charge in [0.05, 0.1) is 32.7 Å². The fraction of sp³-hybridized carbons (Fsp3) is 0.550. The van der Waals surface area contributed by atoms with E-state index in [-0.39, 0.29) is 0 Å². The first-order valence-electron chi connectivity index (χ1n) is 9.75. The highest BCUT2D eigenvalue weighted by molar-refractivity contribution is 7.89. The third-order valence-corrected chi connectivity index (χ3v) is 7.70. The predicted molar refractivity (Wildman–Crippen MR) is 113 cm³/mol. The molecule has 2 heterocycles. The smallest absolute Gasteiger partial charge is 0.246 e. The van der Waals surface area contributed by atoms with Crippen molar-refractivity contribution in [3.63, 3.8) is 0 Å². The summed E-state index contributed by atoms with van der Waals surface area (Å²) in [5.74, 6) is 1.80. The molecule has 0 unspecified atom stereocenters. The Kier molecular flexibility index (Phi) is 6.59. The molecule has 3 rings (SSSR count). The Hall–Kier alpha value is -2.30. The lowest BCUT2D eigenvalue weighted by Gasteiger charge is -2.34. The summed E-state index contributed by atoms with van der Waals surface area (Å²) < 4.78 is 45.9. The van der Waals surface area contributed by atoms with Gasteiger partial charge in [-0.1, -0.05) is 6.07 Å². The number of sulfonamides is 1. The van der Waals surface area contributed by atoms with Crippen molar-refractivity contribution in [3.05, 3.63) is 29.1 Å². The van der Waals surface area contributed by atoms with E-state index >= 15 is 0 Å². The average Bonchev–Trinajstić information content (AvgIpc) is 2.99. The quantitative estimate of drug-likeness (QED) is 0.649. The number of hydrogen-bond acceptors (Lipinski definition) is 7. The van der Waals surface area contributed by atoms with Crippen molar-refractivity contribution < 1.29 is 22.6 Å². The Morgan fingerprint density at radius 3 is 2.10 bits per heavy atom. The van der Waals surface area contributed by atoms with E-state index in [1.807, 2.05) is 12.1 Å². The molecule has 2 aromatic rings. The van der Waals surface area contributed by atoms with E-state index in [4.69, 9.17) is 14.2 Å². The Labute approximate surface area is 178 Å². The largest absolute Gasteiger partial charge is 0.493 e. The lowest BCUT2D eigenvalue weighted by Crippen LogP contribution is -2.48. The SMILES string of the molecule is COc1ccc(CN2CCN(S(=O)(=O)c3c(C)nn(C)c3C)CC2)c(OC)c1OC. The molecule has 1 aromatic heterocycles. The molecule has 30 heavy (non-hydrogen) atoms. The van der Waals surface area contributed by atoms with Crippen LogP contribution in [0.2, 0.25) is 0 Å². The minimum absolute atomic E-state index is 0.319. The molecule has 0 saturated carbocycles. The van der Waals surface area contributed by atoms with Crippen molar-refractivity contribution in [3.8, 4) is 17.2 Å². The van der Waals surface area contributed by atoms with Gasteiger partial charge >= 0.3 is 0 Å². The molecule has 0 aliphatic carbocycles. The lowest BCUT2D eigenvalue weighted by atomic mass is 10.1. The average molecular weight is 439 g/mol. The molecule has 1 aliphatic heterocycles. The maximum absolute atomic E-state index is 13.2.